The lowest BCUT2D eigenvalue weighted by atomic mass is 10.1. The van der Waals surface area contributed by atoms with Gasteiger partial charge in [-0.15, -0.1) is 0 Å². The Hall–Kier alpha value is -3.48. The lowest BCUT2D eigenvalue weighted by Gasteiger charge is -2.25. The summed E-state index contributed by atoms with van der Waals surface area (Å²) >= 11 is 0. The summed E-state index contributed by atoms with van der Waals surface area (Å²) < 4.78 is 5.22. The number of carbonyl (C=O) groups excluding carboxylic acids is 4. The third-order valence-corrected chi connectivity index (χ3v) is 5.27. The number of hydrogen-bond donors (Lipinski definition) is 1. The Bertz CT molecular complexity index is 1040. The molecule has 0 aliphatic carbocycles. The van der Waals surface area contributed by atoms with Gasteiger partial charge in [0.05, 0.1) is 13.0 Å². The maximum absolute atomic E-state index is 13.1. The van der Waals surface area contributed by atoms with Crippen LogP contribution in [0.3, 0.4) is 0 Å². The van der Waals surface area contributed by atoms with E-state index in [1.807, 2.05) is 38.1 Å². The molecular weight excluding hydrogens is 408 g/mol. The highest BCUT2D eigenvalue weighted by Gasteiger charge is 2.29. The van der Waals surface area contributed by atoms with Crippen molar-refractivity contribution in [3.8, 4) is 0 Å². The number of Topliss-reactive ketones (excluding diaryl/α,β-unsaturated/α-hetero) is 1. The SMILES string of the molecule is CCC(C)(C)OC(=O)C(=O)CC(=O)N(Cc1cccc(C)c1)c1ccc(C(N)=O)c(C)c1. The van der Waals surface area contributed by atoms with Crippen LogP contribution in [-0.2, 0) is 25.7 Å². The average molecular weight is 439 g/mol. The van der Waals surface area contributed by atoms with E-state index in [2.05, 4.69) is 0 Å². The molecule has 0 aliphatic heterocycles. The summed E-state index contributed by atoms with van der Waals surface area (Å²) in [5, 5.41) is 0. The number of esters is 1. The molecule has 170 valence electrons. The van der Waals surface area contributed by atoms with Gasteiger partial charge in [0.15, 0.2) is 0 Å². The standard InChI is InChI=1S/C25H30N2O5/c1-6-25(4,5)32-24(31)21(28)14-22(29)27(15-18-9-7-8-16(2)12-18)19-10-11-20(23(26)30)17(3)13-19/h7-13H,6,14-15H2,1-5H3,(H2,26,30). The van der Waals surface area contributed by atoms with Gasteiger partial charge in [0.1, 0.15) is 5.60 Å². The predicted molar refractivity (Wildman–Crippen MR) is 122 cm³/mol. The van der Waals surface area contributed by atoms with Crippen LogP contribution >= 0.6 is 0 Å². The Labute approximate surface area is 188 Å². The fraction of sp³-hybridized carbons (Fsp3) is 0.360. The molecule has 0 fully saturated rings. The van der Waals surface area contributed by atoms with E-state index in [0.29, 0.717) is 23.2 Å². The number of benzene rings is 2. The van der Waals surface area contributed by atoms with Crippen LogP contribution in [0.4, 0.5) is 5.69 Å². The van der Waals surface area contributed by atoms with E-state index in [1.165, 1.54) is 4.90 Å². The fourth-order valence-corrected chi connectivity index (χ4v) is 3.09. The van der Waals surface area contributed by atoms with Crippen LogP contribution in [0, 0.1) is 13.8 Å². The van der Waals surface area contributed by atoms with E-state index < -0.39 is 35.6 Å². The van der Waals surface area contributed by atoms with Crippen molar-refractivity contribution in [2.75, 3.05) is 4.90 Å². The zero-order valence-electron chi connectivity index (χ0n) is 19.2. The molecule has 2 N–H and O–H groups in total. The van der Waals surface area contributed by atoms with Crippen LogP contribution in [-0.4, -0.2) is 29.2 Å². The number of nitrogens with two attached hydrogens (primary N) is 1. The highest BCUT2D eigenvalue weighted by molar-refractivity contribution is 6.37. The Morgan fingerprint density at radius 2 is 1.72 bits per heavy atom. The normalized spacial score (nSPS) is 11.0. The lowest BCUT2D eigenvalue weighted by Crippen LogP contribution is -2.36. The molecule has 0 unspecified atom stereocenters. The molecule has 0 aliphatic rings. The molecule has 7 nitrogen and oxygen atoms in total. The molecule has 0 aromatic heterocycles. The van der Waals surface area contributed by atoms with Gasteiger partial charge < -0.3 is 15.4 Å². The topological polar surface area (TPSA) is 107 Å². The van der Waals surface area contributed by atoms with Gasteiger partial charge in [-0.3, -0.25) is 14.4 Å². The summed E-state index contributed by atoms with van der Waals surface area (Å²) in [5.41, 5.74) is 7.92. The molecule has 0 bridgehead atoms. The zero-order valence-corrected chi connectivity index (χ0v) is 19.2. The first-order valence-corrected chi connectivity index (χ1v) is 10.5. The van der Waals surface area contributed by atoms with Gasteiger partial charge in [0.25, 0.3) is 0 Å². The van der Waals surface area contributed by atoms with Gasteiger partial charge in [0.2, 0.25) is 17.6 Å². The van der Waals surface area contributed by atoms with Crippen LogP contribution in [0.15, 0.2) is 42.5 Å². The number of hydrogen-bond acceptors (Lipinski definition) is 5. The highest BCUT2D eigenvalue weighted by Crippen LogP contribution is 2.23. The minimum absolute atomic E-state index is 0.193. The summed E-state index contributed by atoms with van der Waals surface area (Å²) in [6, 6.07) is 12.4. The van der Waals surface area contributed by atoms with Gasteiger partial charge >= 0.3 is 5.97 Å². The summed E-state index contributed by atoms with van der Waals surface area (Å²) in [7, 11) is 0. The van der Waals surface area contributed by atoms with Crippen molar-refractivity contribution in [3.05, 3.63) is 64.7 Å². The van der Waals surface area contributed by atoms with Crippen LogP contribution in [0.2, 0.25) is 0 Å². The Morgan fingerprint density at radius 1 is 1.03 bits per heavy atom. The number of carbonyl (C=O) groups is 4. The molecule has 2 aromatic rings. The molecular formula is C25H30N2O5. The van der Waals surface area contributed by atoms with Crippen molar-refractivity contribution in [1.29, 1.82) is 0 Å². The van der Waals surface area contributed by atoms with Gasteiger partial charge in [-0.2, -0.15) is 0 Å². The van der Waals surface area contributed by atoms with Gasteiger partial charge in [-0.25, -0.2) is 4.79 Å². The van der Waals surface area contributed by atoms with E-state index in [-0.39, 0.29) is 6.54 Å². The maximum atomic E-state index is 13.1. The predicted octanol–water partition coefficient (Wildman–Crippen LogP) is 3.63. The highest BCUT2D eigenvalue weighted by atomic mass is 16.6. The van der Waals surface area contributed by atoms with Crippen molar-refractivity contribution >= 4 is 29.3 Å². The summed E-state index contributed by atoms with van der Waals surface area (Å²) in [5.74, 6) is -3.05. The van der Waals surface area contributed by atoms with E-state index in [1.54, 1.807) is 39.0 Å². The van der Waals surface area contributed by atoms with E-state index >= 15 is 0 Å². The van der Waals surface area contributed by atoms with Crippen LogP contribution in [0.25, 0.3) is 0 Å². The van der Waals surface area contributed by atoms with E-state index in [9.17, 15) is 19.2 Å². The largest absolute Gasteiger partial charge is 0.454 e. The molecule has 2 amide bonds. The second-order valence-electron chi connectivity index (χ2n) is 8.44. The smallest absolute Gasteiger partial charge is 0.375 e. The number of ether oxygens (including phenoxy) is 1. The van der Waals surface area contributed by atoms with Gasteiger partial charge in [0, 0.05) is 11.3 Å². The molecule has 2 aromatic carbocycles. The lowest BCUT2D eigenvalue weighted by molar-refractivity contribution is -0.164. The molecule has 0 heterocycles. The first-order chi connectivity index (χ1) is 14.9. The molecule has 0 radical (unpaired) electrons. The van der Waals surface area contributed by atoms with Crippen molar-refractivity contribution in [2.45, 2.75) is 59.6 Å². The molecule has 32 heavy (non-hydrogen) atoms. The zero-order chi connectivity index (χ0) is 24.1. The maximum Gasteiger partial charge on any atom is 0.375 e. The Balaban J connectivity index is 2.32. The first kappa shape index (κ1) is 24.8. The minimum atomic E-state index is -1.03. The third-order valence-electron chi connectivity index (χ3n) is 5.27. The number of aryl methyl sites for hydroxylation is 2. The molecule has 0 spiro atoms. The number of ketones is 1. The Kier molecular flexibility index (Phi) is 7.92. The Morgan fingerprint density at radius 3 is 2.28 bits per heavy atom. The second kappa shape index (κ2) is 10.2. The molecule has 7 heteroatoms. The van der Waals surface area contributed by atoms with E-state index in [4.69, 9.17) is 10.5 Å². The van der Waals surface area contributed by atoms with Crippen LogP contribution in [0.1, 0.15) is 60.7 Å². The van der Waals surface area contributed by atoms with Crippen molar-refractivity contribution in [1.82, 2.24) is 0 Å². The molecule has 0 atom stereocenters. The number of nitrogens with zero attached hydrogens (tertiary/aromatic N) is 1. The second-order valence-corrected chi connectivity index (χ2v) is 8.44. The van der Waals surface area contributed by atoms with Crippen LogP contribution < -0.4 is 10.6 Å². The summed E-state index contributed by atoms with van der Waals surface area (Å²) in [6.07, 6.45) is -0.0913. The molecule has 0 saturated carbocycles. The number of rotatable bonds is 9. The minimum Gasteiger partial charge on any atom is -0.454 e. The average Bonchev–Trinajstić information content (AvgIpc) is 2.71. The van der Waals surface area contributed by atoms with Crippen molar-refractivity contribution in [2.24, 2.45) is 5.73 Å². The van der Waals surface area contributed by atoms with Gasteiger partial charge in [-0.1, -0.05) is 36.8 Å². The molecule has 0 saturated heterocycles. The van der Waals surface area contributed by atoms with Crippen molar-refractivity contribution < 1.29 is 23.9 Å². The first-order valence-electron chi connectivity index (χ1n) is 10.5. The van der Waals surface area contributed by atoms with Gasteiger partial charge in [-0.05, 0) is 63.4 Å². The van der Waals surface area contributed by atoms with E-state index in [0.717, 1.165) is 11.1 Å². The molecule has 2 rings (SSSR count). The number of amides is 2. The fourth-order valence-electron chi connectivity index (χ4n) is 3.09. The van der Waals surface area contributed by atoms with Crippen molar-refractivity contribution in [3.63, 3.8) is 0 Å². The third kappa shape index (κ3) is 6.51. The van der Waals surface area contributed by atoms with Crippen LogP contribution in [0.5, 0.6) is 0 Å². The number of primary amides is 1. The summed E-state index contributed by atoms with van der Waals surface area (Å²) in [6.45, 7) is 9.09. The quantitative estimate of drug-likeness (QED) is 0.365. The summed E-state index contributed by atoms with van der Waals surface area (Å²) in [4.78, 5) is 50.7. The number of anilines is 1. The monoisotopic (exact) mass is 438 g/mol.